The van der Waals surface area contributed by atoms with Gasteiger partial charge in [0.15, 0.2) is 11.5 Å². The summed E-state index contributed by atoms with van der Waals surface area (Å²) in [6, 6.07) is 9.21. The lowest BCUT2D eigenvalue weighted by Gasteiger charge is -2.29. The second-order valence-corrected chi connectivity index (χ2v) is 9.94. The van der Waals surface area contributed by atoms with Crippen molar-refractivity contribution in [3.8, 4) is 11.5 Å². The lowest BCUT2D eigenvalue weighted by atomic mass is 10.0. The van der Waals surface area contributed by atoms with Gasteiger partial charge in [0.25, 0.3) is 5.69 Å². The van der Waals surface area contributed by atoms with E-state index in [-0.39, 0.29) is 29.1 Å². The van der Waals surface area contributed by atoms with E-state index in [1.165, 1.54) is 16.4 Å². The number of piperidine rings is 1. The Labute approximate surface area is 181 Å². The van der Waals surface area contributed by atoms with Crippen LogP contribution in [-0.4, -0.2) is 37.5 Å². The van der Waals surface area contributed by atoms with Crippen LogP contribution in [0.25, 0.3) is 0 Å². The Morgan fingerprint density at radius 1 is 1.13 bits per heavy atom. The fourth-order valence-electron chi connectivity index (χ4n) is 3.82. The van der Waals surface area contributed by atoms with Crippen LogP contribution in [0, 0.1) is 16.0 Å². The Morgan fingerprint density at radius 2 is 1.84 bits per heavy atom. The molecule has 1 atom stereocenters. The second kappa shape index (κ2) is 8.35. The fraction of sp³-hybridized carbons (Fsp3) is 0.429. The summed E-state index contributed by atoms with van der Waals surface area (Å²) >= 11 is 0. The number of nitro groups is 1. The summed E-state index contributed by atoms with van der Waals surface area (Å²) in [5.41, 5.74) is 0.832. The van der Waals surface area contributed by atoms with Gasteiger partial charge in [-0.05, 0) is 55.5 Å². The van der Waals surface area contributed by atoms with Gasteiger partial charge in [0.2, 0.25) is 16.8 Å². The van der Waals surface area contributed by atoms with Crippen molar-refractivity contribution in [1.82, 2.24) is 4.31 Å². The average Bonchev–Trinajstić information content (AvgIpc) is 3.22. The molecule has 0 radical (unpaired) electrons. The van der Waals surface area contributed by atoms with Crippen LogP contribution in [-0.2, 0) is 10.0 Å². The molecule has 2 heterocycles. The number of benzene rings is 2. The molecule has 1 fully saturated rings. The van der Waals surface area contributed by atoms with E-state index < -0.39 is 14.9 Å². The van der Waals surface area contributed by atoms with Crippen LogP contribution in [0.3, 0.4) is 0 Å². The van der Waals surface area contributed by atoms with E-state index in [9.17, 15) is 18.5 Å². The number of fused-ring (bicyclic) bond motifs is 1. The van der Waals surface area contributed by atoms with Crippen LogP contribution in [0.5, 0.6) is 11.5 Å². The molecule has 2 aromatic carbocycles. The SMILES string of the molecule is CC1CCN(S(=O)(=O)c2ccc(N[C@@H](C)c3ccc4c(c3)OCO4)c([N+](=O)[O-])c2)CC1. The average molecular weight is 448 g/mol. The highest BCUT2D eigenvalue weighted by Gasteiger charge is 2.30. The Balaban J connectivity index is 1.58. The van der Waals surface area contributed by atoms with Crippen molar-refractivity contribution in [2.45, 2.75) is 37.6 Å². The third-order valence-electron chi connectivity index (χ3n) is 5.81. The van der Waals surface area contributed by atoms with E-state index in [2.05, 4.69) is 12.2 Å². The molecule has 0 amide bonds. The molecule has 0 saturated carbocycles. The lowest BCUT2D eigenvalue weighted by Crippen LogP contribution is -2.37. The zero-order valence-corrected chi connectivity index (χ0v) is 18.2. The van der Waals surface area contributed by atoms with Crippen molar-refractivity contribution in [2.75, 3.05) is 25.2 Å². The molecule has 2 aliphatic heterocycles. The van der Waals surface area contributed by atoms with Crippen LogP contribution < -0.4 is 14.8 Å². The monoisotopic (exact) mass is 447 g/mol. The number of nitrogens with zero attached hydrogens (tertiary/aromatic N) is 2. The molecule has 0 aromatic heterocycles. The number of nitro benzene ring substituents is 1. The van der Waals surface area contributed by atoms with Crippen LogP contribution in [0.15, 0.2) is 41.3 Å². The molecule has 0 bridgehead atoms. The molecule has 1 saturated heterocycles. The number of hydrogen-bond acceptors (Lipinski definition) is 7. The first kappa shape index (κ1) is 21.4. The molecule has 0 aliphatic carbocycles. The zero-order chi connectivity index (χ0) is 22.2. The number of hydrogen-bond donors (Lipinski definition) is 1. The van der Waals surface area contributed by atoms with Gasteiger partial charge in [-0.1, -0.05) is 13.0 Å². The number of sulfonamides is 1. The highest BCUT2D eigenvalue weighted by Crippen LogP contribution is 2.36. The first-order valence-corrected chi connectivity index (χ1v) is 11.6. The minimum atomic E-state index is -3.78. The highest BCUT2D eigenvalue weighted by atomic mass is 32.2. The quantitative estimate of drug-likeness (QED) is 0.528. The number of anilines is 1. The molecule has 10 heteroatoms. The molecule has 2 aliphatic rings. The van der Waals surface area contributed by atoms with Gasteiger partial charge in [-0.15, -0.1) is 0 Å². The summed E-state index contributed by atoms with van der Waals surface area (Å²) in [7, 11) is -3.78. The summed E-state index contributed by atoms with van der Waals surface area (Å²) in [6.45, 7) is 4.98. The standard InChI is InChI=1S/C21H25N3O6S/c1-14-7-9-23(10-8-14)31(27,28)17-4-5-18(19(12-17)24(25)26)22-15(2)16-3-6-20-21(11-16)30-13-29-20/h3-6,11-12,14-15,22H,7-10,13H2,1-2H3/t15-/m0/s1. The third-order valence-corrected chi connectivity index (χ3v) is 7.71. The predicted molar refractivity (Wildman–Crippen MR) is 115 cm³/mol. The normalized spacial score (nSPS) is 18.0. The van der Waals surface area contributed by atoms with E-state index in [0.29, 0.717) is 30.5 Å². The maximum absolute atomic E-state index is 13.0. The first-order chi connectivity index (χ1) is 14.8. The van der Waals surface area contributed by atoms with Crippen LogP contribution >= 0.6 is 0 Å². The minimum Gasteiger partial charge on any atom is -0.454 e. The summed E-state index contributed by atoms with van der Waals surface area (Å²) < 4.78 is 38.1. The van der Waals surface area contributed by atoms with Crippen molar-refractivity contribution in [3.05, 3.63) is 52.1 Å². The van der Waals surface area contributed by atoms with Gasteiger partial charge in [-0.25, -0.2) is 8.42 Å². The third kappa shape index (κ3) is 4.31. The fourth-order valence-corrected chi connectivity index (χ4v) is 5.31. The molecule has 9 nitrogen and oxygen atoms in total. The van der Waals surface area contributed by atoms with Crippen molar-refractivity contribution in [3.63, 3.8) is 0 Å². The Hall–Kier alpha value is -2.85. The van der Waals surface area contributed by atoms with E-state index in [1.807, 2.05) is 19.1 Å². The molecule has 0 spiro atoms. The minimum absolute atomic E-state index is 0.0602. The van der Waals surface area contributed by atoms with E-state index in [0.717, 1.165) is 24.5 Å². The van der Waals surface area contributed by atoms with E-state index in [4.69, 9.17) is 9.47 Å². The number of ether oxygens (including phenoxy) is 2. The van der Waals surface area contributed by atoms with Crippen molar-refractivity contribution in [2.24, 2.45) is 5.92 Å². The van der Waals surface area contributed by atoms with Crippen LogP contribution in [0.2, 0.25) is 0 Å². The summed E-state index contributed by atoms with van der Waals surface area (Å²) in [5.74, 6) is 1.76. The first-order valence-electron chi connectivity index (χ1n) is 10.2. The van der Waals surface area contributed by atoms with E-state index in [1.54, 1.807) is 6.07 Å². The van der Waals surface area contributed by atoms with Crippen molar-refractivity contribution in [1.29, 1.82) is 0 Å². The van der Waals surface area contributed by atoms with Gasteiger partial charge in [0.1, 0.15) is 5.69 Å². The largest absolute Gasteiger partial charge is 0.454 e. The number of nitrogens with one attached hydrogen (secondary N) is 1. The maximum Gasteiger partial charge on any atom is 0.293 e. The zero-order valence-electron chi connectivity index (χ0n) is 17.4. The van der Waals surface area contributed by atoms with Gasteiger partial charge >= 0.3 is 0 Å². The van der Waals surface area contributed by atoms with Crippen molar-refractivity contribution >= 4 is 21.4 Å². The maximum atomic E-state index is 13.0. The van der Waals surface area contributed by atoms with Crippen LogP contribution in [0.1, 0.15) is 38.3 Å². The molecule has 1 N–H and O–H groups in total. The Morgan fingerprint density at radius 3 is 2.55 bits per heavy atom. The van der Waals surface area contributed by atoms with Gasteiger partial charge in [0.05, 0.1) is 9.82 Å². The molecule has 0 unspecified atom stereocenters. The van der Waals surface area contributed by atoms with Gasteiger partial charge < -0.3 is 14.8 Å². The molecular formula is C21H25N3O6S. The lowest BCUT2D eigenvalue weighted by molar-refractivity contribution is -0.384. The summed E-state index contributed by atoms with van der Waals surface area (Å²) in [4.78, 5) is 11.1. The second-order valence-electron chi connectivity index (χ2n) is 8.00. The molecule has 31 heavy (non-hydrogen) atoms. The van der Waals surface area contributed by atoms with Crippen LogP contribution in [0.4, 0.5) is 11.4 Å². The Kier molecular flexibility index (Phi) is 5.76. The van der Waals surface area contributed by atoms with Gasteiger partial charge in [0, 0.05) is 25.2 Å². The Bertz CT molecular complexity index is 1100. The smallest absolute Gasteiger partial charge is 0.293 e. The van der Waals surface area contributed by atoms with E-state index >= 15 is 0 Å². The summed E-state index contributed by atoms with van der Waals surface area (Å²) in [6.07, 6.45) is 1.57. The molecule has 166 valence electrons. The molecular weight excluding hydrogens is 422 g/mol. The van der Waals surface area contributed by atoms with Gasteiger partial charge in [-0.2, -0.15) is 4.31 Å². The summed E-state index contributed by atoms with van der Waals surface area (Å²) in [5, 5.41) is 14.8. The number of rotatable bonds is 6. The highest BCUT2D eigenvalue weighted by molar-refractivity contribution is 7.89. The molecule has 2 aromatic rings. The van der Waals surface area contributed by atoms with Gasteiger partial charge in [-0.3, -0.25) is 10.1 Å². The topological polar surface area (TPSA) is 111 Å². The van der Waals surface area contributed by atoms with Crippen molar-refractivity contribution < 1.29 is 22.8 Å². The predicted octanol–water partition coefficient (Wildman–Crippen LogP) is 3.92. The molecule has 4 rings (SSSR count).